The summed E-state index contributed by atoms with van der Waals surface area (Å²) in [6, 6.07) is 2.38. The van der Waals surface area contributed by atoms with Gasteiger partial charge in [0, 0.05) is 17.7 Å². The van der Waals surface area contributed by atoms with Gasteiger partial charge in [0.05, 0.1) is 5.56 Å². The van der Waals surface area contributed by atoms with Crippen LogP contribution < -0.4 is 5.32 Å². The van der Waals surface area contributed by atoms with E-state index in [-0.39, 0.29) is 23.1 Å². The van der Waals surface area contributed by atoms with Crippen LogP contribution in [0.1, 0.15) is 93.8 Å². The van der Waals surface area contributed by atoms with Crippen LogP contribution in [-0.2, 0) is 4.79 Å². The molecule has 2 aliphatic rings. The number of nitrogens with one attached hydrogen (secondary N) is 1. The van der Waals surface area contributed by atoms with E-state index in [1.807, 2.05) is 0 Å². The molecule has 2 saturated carbocycles. The molecule has 0 aliphatic heterocycles. The smallest absolute Gasteiger partial charge is 0.227 e. The molecule has 29 heavy (non-hydrogen) atoms. The zero-order valence-electron chi connectivity index (χ0n) is 17.3. The largest absolute Gasteiger partial charge is 0.504 e. The van der Waals surface area contributed by atoms with Gasteiger partial charge in [0.15, 0.2) is 17.9 Å². The number of aromatic hydroxyl groups is 1. The van der Waals surface area contributed by atoms with E-state index in [0.717, 1.165) is 43.6 Å². The predicted octanol–water partition coefficient (Wildman–Crippen LogP) is 6.23. The Morgan fingerprint density at radius 3 is 2.03 bits per heavy atom. The van der Waals surface area contributed by atoms with E-state index in [2.05, 4.69) is 5.32 Å². The van der Waals surface area contributed by atoms with Gasteiger partial charge in [0.25, 0.3) is 0 Å². The van der Waals surface area contributed by atoms with Crippen LogP contribution in [0.4, 0.5) is 10.1 Å². The lowest BCUT2D eigenvalue weighted by Gasteiger charge is -2.31. The van der Waals surface area contributed by atoms with Crippen LogP contribution in [0, 0.1) is 23.6 Å². The Morgan fingerprint density at radius 2 is 1.45 bits per heavy atom. The third-order valence-electron chi connectivity index (χ3n) is 6.93. The third kappa shape index (κ3) is 6.03. The lowest BCUT2D eigenvalue weighted by Crippen LogP contribution is -2.26. The predicted molar refractivity (Wildman–Crippen MR) is 113 cm³/mol. The van der Waals surface area contributed by atoms with Gasteiger partial charge in [-0.05, 0) is 30.7 Å². The minimum Gasteiger partial charge on any atom is -0.504 e. The number of aldehydes is 1. The molecule has 0 unspecified atom stereocenters. The first kappa shape index (κ1) is 21.8. The Kier molecular flexibility index (Phi) is 8.08. The fourth-order valence-corrected chi connectivity index (χ4v) is 5.26. The van der Waals surface area contributed by atoms with Crippen molar-refractivity contribution < 1.29 is 19.1 Å². The average molecular weight is 404 g/mol. The summed E-state index contributed by atoms with van der Waals surface area (Å²) in [5, 5.41) is 12.3. The molecule has 2 N–H and O–H groups in total. The molecule has 1 aromatic carbocycles. The third-order valence-corrected chi connectivity index (χ3v) is 6.93. The maximum atomic E-state index is 13.8. The molecule has 2 aliphatic carbocycles. The Bertz CT molecular complexity index is 688. The maximum Gasteiger partial charge on any atom is 0.227 e. The summed E-state index contributed by atoms with van der Waals surface area (Å²) in [6.45, 7) is 0. The summed E-state index contributed by atoms with van der Waals surface area (Å²) in [6.07, 6.45) is 16.3. The van der Waals surface area contributed by atoms with Crippen molar-refractivity contribution in [3.8, 4) is 5.75 Å². The van der Waals surface area contributed by atoms with E-state index in [4.69, 9.17) is 0 Å². The summed E-state index contributed by atoms with van der Waals surface area (Å²) in [7, 11) is 0. The molecule has 2 fully saturated rings. The van der Waals surface area contributed by atoms with Gasteiger partial charge in [0.2, 0.25) is 5.91 Å². The second-order valence-electron chi connectivity index (χ2n) is 8.93. The van der Waals surface area contributed by atoms with Gasteiger partial charge in [-0.1, -0.05) is 70.6 Å². The number of hydrogen-bond acceptors (Lipinski definition) is 3. The summed E-state index contributed by atoms with van der Waals surface area (Å²) in [4.78, 5) is 23.7. The summed E-state index contributed by atoms with van der Waals surface area (Å²) in [5.74, 6) is -0.101. The van der Waals surface area contributed by atoms with Crippen LogP contribution in [-0.4, -0.2) is 17.3 Å². The highest BCUT2D eigenvalue weighted by Gasteiger charge is 2.27. The fourth-order valence-electron chi connectivity index (χ4n) is 5.26. The van der Waals surface area contributed by atoms with Crippen molar-refractivity contribution in [1.29, 1.82) is 0 Å². The number of halogens is 1. The molecule has 4 nitrogen and oxygen atoms in total. The second-order valence-corrected chi connectivity index (χ2v) is 8.93. The Hall–Kier alpha value is -1.91. The number of hydrogen-bond donors (Lipinski definition) is 2. The summed E-state index contributed by atoms with van der Waals surface area (Å²) < 4.78 is 13.8. The standard InChI is InChI=1S/C24H34FNO3/c25-22-15-21(14-20(16-27)23(22)28)26-24(29)19-12-6-10-18(11-7-13-19)17-8-4-2-1-3-5-9-17/h14-19,28H,1-13H2,(H,26,29). The monoisotopic (exact) mass is 403 g/mol. The highest BCUT2D eigenvalue weighted by Crippen LogP contribution is 2.37. The van der Waals surface area contributed by atoms with Gasteiger partial charge < -0.3 is 10.4 Å². The highest BCUT2D eigenvalue weighted by molar-refractivity contribution is 5.94. The van der Waals surface area contributed by atoms with Crippen molar-refractivity contribution in [3.63, 3.8) is 0 Å². The minimum absolute atomic E-state index is 0.0789. The minimum atomic E-state index is -0.899. The van der Waals surface area contributed by atoms with E-state index in [0.29, 0.717) is 6.29 Å². The van der Waals surface area contributed by atoms with Gasteiger partial charge in [-0.25, -0.2) is 4.39 Å². The highest BCUT2D eigenvalue weighted by atomic mass is 19.1. The van der Waals surface area contributed by atoms with E-state index in [9.17, 15) is 19.1 Å². The quantitative estimate of drug-likeness (QED) is 0.463. The van der Waals surface area contributed by atoms with Crippen LogP contribution >= 0.6 is 0 Å². The van der Waals surface area contributed by atoms with E-state index >= 15 is 0 Å². The number of carbonyl (C=O) groups is 2. The molecule has 0 spiro atoms. The van der Waals surface area contributed by atoms with Crippen LogP contribution in [0.15, 0.2) is 12.1 Å². The molecule has 3 rings (SSSR count). The molecular formula is C24H34FNO3. The number of phenolic OH excluding ortho intramolecular Hbond substituents is 1. The lowest BCUT2D eigenvalue weighted by atomic mass is 9.75. The van der Waals surface area contributed by atoms with Crippen molar-refractivity contribution in [2.75, 3.05) is 5.32 Å². The molecule has 0 bridgehead atoms. The Balaban J connectivity index is 1.54. The molecule has 5 heteroatoms. The van der Waals surface area contributed by atoms with Gasteiger partial charge >= 0.3 is 0 Å². The first-order chi connectivity index (χ1) is 14.1. The zero-order valence-corrected chi connectivity index (χ0v) is 17.3. The number of anilines is 1. The van der Waals surface area contributed by atoms with Crippen LogP contribution in [0.25, 0.3) is 0 Å². The summed E-state index contributed by atoms with van der Waals surface area (Å²) in [5.41, 5.74) is 0.0712. The number of rotatable bonds is 4. The number of benzene rings is 1. The van der Waals surface area contributed by atoms with Gasteiger partial charge in [-0.15, -0.1) is 0 Å². The molecule has 0 saturated heterocycles. The topological polar surface area (TPSA) is 66.4 Å². The zero-order chi connectivity index (χ0) is 20.6. The van der Waals surface area contributed by atoms with Gasteiger partial charge in [-0.3, -0.25) is 9.59 Å². The number of phenols is 1. The van der Waals surface area contributed by atoms with Crippen molar-refractivity contribution in [2.45, 2.75) is 83.5 Å². The van der Waals surface area contributed by atoms with E-state index < -0.39 is 11.6 Å². The SMILES string of the molecule is O=Cc1cc(NC(=O)C2CCCC(C3CCCCCCC3)CCC2)cc(F)c1O. The fraction of sp³-hybridized carbons (Fsp3) is 0.667. The first-order valence-corrected chi connectivity index (χ1v) is 11.4. The van der Waals surface area contributed by atoms with Crippen molar-refractivity contribution in [3.05, 3.63) is 23.5 Å². The van der Waals surface area contributed by atoms with Crippen molar-refractivity contribution in [1.82, 2.24) is 0 Å². The summed E-state index contributed by atoms with van der Waals surface area (Å²) >= 11 is 0. The second kappa shape index (κ2) is 10.7. The average Bonchev–Trinajstić information content (AvgIpc) is 2.65. The van der Waals surface area contributed by atoms with E-state index in [1.54, 1.807) is 0 Å². The first-order valence-electron chi connectivity index (χ1n) is 11.4. The Labute approximate surface area is 173 Å². The van der Waals surface area contributed by atoms with Crippen molar-refractivity contribution >= 4 is 17.9 Å². The molecular weight excluding hydrogens is 369 g/mol. The molecule has 0 heterocycles. The number of amides is 1. The Morgan fingerprint density at radius 1 is 0.897 bits per heavy atom. The number of carbonyl (C=O) groups excluding carboxylic acids is 2. The maximum absolute atomic E-state index is 13.8. The van der Waals surface area contributed by atoms with Gasteiger partial charge in [-0.2, -0.15) is 0 Å². The van der Waals surface area contributed by atoms with Crippen LogP contribution in [0.5, 0.6) is 5.75 Å². The molecule has 0 atom stereocenters. The lowest BCUT2D eigenvalue weighted by molar-refractivity contribution is -0.120. The molecule has 1 amide bonds. The molecule has 0 aromatic heterocycles. The van der Waals surface area contributed by atoms with E-state index in [1.165, 1.54) is 63.9 Å². The van der Waals surface area contributed by atoms with Crippen molar-refractivity contribution in [2.24, 2.45) is 17.8 Å². The normalized spacial score (nSPS) is 24.6. The van der Waals surface area contributed by atoms with Gasteiger partial charge in [0.1, 0.15) is 0 Å². The molecule has 0 radical (unpaired) electrons. The van der Waals surface area contributed by atoms with Crippen LogP contribution in [0.2, 0.25) is 0 Å². The molecule has 1 aromatic rings. The van der Waals surface area contributed by atoms with Crippen LogP contribution in [0.3, 0.4) is 0 Å². The molecule has 160 valence electrons.